The molecule has 1 unspecified atom stereocenters. The molecule has 0 aromatic heterocycles. The molecule has 0 bridgehead atoms. The van der Waals surface area contributed by atoms with Gasteiger partial charge in [-0.05, 0) is 12.8 Å². The summed E-state index contributed by atoms with van der Waals surface area (Å²) in [5.41, 5.74) is 0. The summed E-state index contributed by atoms with van der Waals surface area (Å²) in [7, 11) is 0. The molecule has 4 heteroatoms. The van der Waals surface area contributed by atoms with Crippen LogP contribution >= 0.6 is 34.8 Å². The molecule has 1 aliphatic heterocycles. The van der Waals surface area contributed by atoms with Crippen molar-refractivity contribution in [1.82, 2.24) is 0 Å². The quantitative estimate of drug-likeness (QED) is 0.532. The lowest BCUT2D eigenvalue weighted by Gasteiger charge is -2.17. The fourth-order valence-corrected chi connectivity index (χ4v) is 1.35. The monoisotopic (exact) mass is 188 g/mol. The Morgan fingerprint density at radius 3 is 2.22 bits per heavy atom. The van der Waals surface area contributed by atoms with Crippen LogP contribution in [0.25, 0.3) is 0 Å². The van der Waals surface area contributed by atoms with Crippen molar-refractivity contribution >= 4 is 34.8 Å². The van der Waals surface area contributed by atoms with E-state index in [4.69, 9.17) is 39.5 Å². The zero-order valence-corrected chi connectivity index (χ0v) is 7.01. The Bertz CT molecular complexity index is 92.9. The summed E-state index contributed by atoms with van der Waals surface area (Å²) in [5, 5.41) is 0. The second kappa shape index (κ2) is 2.83. The van der Waals surface area contributed by atoms with Crippen molar-refractivity contribution in [1.29, 1.82) is 0 Å². The van der Waals surface area contributed by atoms with Crippen LogP contribution in [-0.2, 0) is 4.74 Å². The summed E-state index contributed by atoms with van der Waals surface area (Å²) in [6, 6.07) is 0. The number of alkyl halides is 3. The summed E-state index contributed by atoms with van der Waals surface area (Å²) in [4.78, 5) is 0. The molecule has 0 saturated carbocycles. The van der Waals surface area contributed by atoms with Crippen LogP contribution in [0.1, 0.15) is 12.8 Å². The molecule has 0 amide bonds. The molecule has 1 aliphatic rings. The molecule has 1 saturated heterocycles. The van der Waals surface area contributed by atoms with Crippen LogP contribution in [0.2, 0.25) is 0 Å². The minimum Gasteiger partial charge on any atom is -0.374 e. The van der Waals surface area contributed by atoms with Crippen molar-refractivity contribution in [3.63, 3.8) is 0 Å². The van der Waals surface area contributed by atoms with E-state index in [1.807, 2.05) is 0 Å². The predicted molar refractivity (Wildman–Crippen MR) is 39.3 cm³/mol. The van der Waals surface area contributed by atoms with Gasteiger partial charge >= 0.3 is 0 Å². The molecule has 1 heterocycles. The first-order chi connectivity index (χ1) is 4.11. The maximum atomic E-state index is 5.55. The van der Waals surface area contributed by atoms with Crippen LogP contribution in [0, 0.1) is 0 Å². The molecule has 1 nitrogen and oxygen atoms in total. The highest BCUT2D eigenvalue weighted by molar-refractivity contribution is 6.68. The molecule has 0 spiro atoms. The standard InChI is InChI=1S/C5H7Cl3O/c6-5(7,8)4-2-1-3-9-4/h4H,1-3H2. The summed E-state index contributed by atoms with van der Waals surface area (Å²) in [5.74, 6) is 0. The van der Waals surface area contributed by atoms with Crippen LogP contribution < -0.4 is 0 Å². The van der Waals surface area contributed by atoms with Crippen molar-refractivity contribution in [3.8, 4) is 0 Å². The Morgan fingerprint density at radius 1 is 1.33 bits per heavy atom. The van der Waals surface area contributed by atoms with E-state index in [-0.39, 0.29) is 6.10 Å². The Labute approximate surface area is 69.2 Å². The van der Waals surface area contributed by atoms with Crippen molar-refractivity contribution < 1.29 is 4.74 Å². The zero-order chi connectivity index (χ0) is 6.91. The summed E-state index contributed by atoms with van der Waals surface area (Å²) in [6.07, 6.45) is 1.66. The fraction of sp³-hybridized carbons (Fsp3) is 1.00. The van der Waals surface area contributed by atoms with E-state index in [0.29, 0.717) is 0 Å². The van der Waals surface area contributed by atoms with E-state index in [0.717, 1.165) is 19.4 Å². The van der Waals surface area contributed by atoms with E-state index < -0.39 is 3.79 Å². The molecular weight excluding hydrogens is 182 g/mol. The first-order valence-electron chi connectivity index (χ1n) is 2.79. The van der Waals surface area contributed by atoms with Crippen molar-refractivity contribution in [2.75, 3.05) is 6.61 Å². The third-order valence-electron chi connectivity index (χ3n) is 1.29. The van der Waals surface area contributed by atoms with Crippen LogP contribution in [-0.4, -0.2) is 16.5 Å². The molecule has 54 valence electrons. The average Bonchev–Trinajstić information content (AvgIpc) is 2.08. The van der Waals surface area contributed by atoms with Gasteiger partial charge in [-0.25, -0.2) is 0 Å². The van der Waals surface area contributed by atoms with E-state index >= 15 is 0 Å². The van der Waals surface area contributed by atoms with Gasteiger partial charge in [0.25, 0.3) is 0 Å². The van der Waals surface area contributed by atoms with Crippen LogP contribution in [0.15, 0.2) is 0 Å². The highest BCUT2D eigenvalue weighted by Gasteiger charge is 2.35. The summed E-state index contributed by atoms with van der Waals surface area (Å²) < 4.78 is 3.90. The van der Waals surface area contributed by atoms with Gasteiger partial charge in [-0.3, -0.25) is 0 Å². The van der Waals surface area contributed by atoms with Crippen molar-refractivity contribution in [3.05, 3.63) is 0 Å². The van der Waals surface area contributed by atoms with E-state index in [9.17, 15) is 0 Å². The second-order valence-corrected chi connectivity index (χ2v) is 4.41. The second-order valence-electron chi connectivity index (χ2n) is 2.04. The minimum atomic E-state index is -1.23. The molecule has 0 aromatic carbocycles. The van der Waals surface area contributed by atoms with Crippen LogP contribution in [0.4, 0.5) is 0 Å². The topological polar surface area (TPSA) is 9.23 Å². The van der Waals surface area contributed by atoms with E-state index in [1.165, 1.54) is 0 Å². The summed E-state index contributed by atoms with van der Waals surface area (Å²) in [6.45, 7) is 0.721. The molecule has 1 fully saturated rings. The van der Waals surface area contributed by atoms with Crippen molar-refractivity contribution in [2.24, 2.45) is 0 Å². The Morgan fingerprint density at radius 2 is 2.00 bits per heavy atom. The lowest BCUT2D eigenvalue weighted by atomic mass is 10.3. The number of rotatable bonds is 0. The van der Waals surface area contributed by atoms with Gasteiger partial charge < -0.3 is 4.74 Å². The van der Waals surface area contributed by atoms with Crippen LogP contribution in [0.5, 0.6) is 0 Å². The van der Waals surface area contributed by atoms with Crippen molar-refractivity contribution in [2.45, 2.75) is 22.7 Å². The molecule has 9 heavy (non-hydrogen) atoms. The molecular formula is C5H7Cl3O. The van der Waals surface area contributed by atoms with Gasteiger partial charge in [-0.2, -0.15) is 0 Å². The Balaban J connectivity index is 2.42. The Hall–Kier alpha value is 0.830. The van der Waals surface area contributed by atoms with E-state index in [2.05, 4.69) is 0 Å². The lowest BCUT2D eigenvalue weighted by molar-refractivity contribution is 0.114. The number of halogens is 3. The summed E-state index contributed by atoms with van der Waals surface area (Å²) >= 11 is 16.6. The van der Waals surface area contributed by atoms with Gasteiger partial charge in [0.05, 0.1) is 0 Å². The molecule has 0 aromatic rings. The largest absolute Gasteiger partial charge is 0.374 e. The third-order valence-corrected chi connectivity index (χ3v) is 2.02. The molecule has 0 radical (unpaired) electrons. The number of ether oxygens (including phenoxy) is 1. The highest BCUT2D eigenvalue weighted by Crippen LogP contribution is 2.36. The molecule has 1 atom stereocenters. The Kier molecular flexibility index (Phi) is 2.49. The lowest BCUT2D eigenvalue weighted by Crippen LogP contribution is -2.23. The fourth-order valence-electron chi connectivity index (χ4n) is 0.836. The van der Waals surface area contributed by atoms with Gasteiger partial charge in [-0.15, -0.1) is 0 Å². The van der Waals surface area contributed by atoms with Gasteiger partial charge in [-0.1, -0.05) is 34.8 Å². The first-order valence-corrected chi connectivity index (χ1v) is 3.92. The highest BCUT2D eigenvalue weighted by atomic mass is 35.6. The predicted octanol–water partition coefficient (Wildman–Crippen LogP) is 2.54. The number of hydrogen-bond donors (Lipinski definition) is 0. The SMILES string of the molecule is ClC(Cl)(Cl)C1CCCO1. The number of hydrogen-bond acceptors (Lipinski definition) is 1. The van der Waals surface area contributed by atoms with Crippen LogP contribution in [0.3, 0.4) is 0 Å². The first kappa shape index (κ1) is 7.93. The maximum absolute atomic E-state index is 5.55. The normalized spacial score (nSPS) is 29.0. The molecule has 0 aliphatic carbocycles. The van der Waals surface area contributed by atoms with Gasteiger partial charge in [0.1, 0.15) is 6.10 Å². The minimum absolute atomic E-state index is 0.192. The maximum Gasteiger partial charge on any atom is 0.216 e. The van der Waals surface area contributed by atoms with Gasteiger partial charge in [0.15, 0.2) is 0 Å². The molecule has 1 rings (SSSR count). The zero-order valence-electron chi connectivity index (χ0n) is 4.74. The smallest absolute Gasteiger partial charge is 0.216 e. The van der Waals surface area contributed by atoms with Gasteiger partial charge in [0.2, 0.25) is 3.79 Å². The molecule has 0 N–H and O–H groups in total. The average molecular weight is 189 g/mol. The third kappa shape index (κ3) is 2.15. The van der Waals surface area contributed by atoms with E-state index in [1.54, 1.807) is 0 Å². The van der Waals surface area contributed by atoms with Gasteiger partial charge in [0, 0.05) is 6.61 Å².